The number of methoxy groups -OCH3 is 1. The summed E-state index contributed by atoms with van der Waals surface area (Å²) in [6.07, 6.45) is -0.564. The van der Waals surface area contributed by atoms with E-state index in [0.29, 0.717) is 11.3 Å². The first-order valence-corrected chi connectivity index (χ1v) is 8.40. The molecule has 3 aromatic carbocycles. The fourth-order valence-electron chi connectivity index (χ4n) is 2.52. The van der Waals surface area contributed by atoms with Gasteiger partial charge in [0.25, 0.3) is 0 Å². The number of ether oxygens (including phenoxy) is 2. The predicted octanol–water partition coefficient (Wildman–Crippen LogP) is 5.26. The number of hydrogen-bond donors (Lipinski definition) is 0. The second-order valence-electron chi connectivity index (χ2n) is 5.51. The molecule has 4 heteroatoms. The Labute approximate surface area is 149 Å². The molecule has 0 aliphatic heterocycles. The highest BCUT2D eigenvalue weighted by atomic mass is 79.9. The highest BCUT2D eigenvalue weighted by molar-refractivity contribution is 9.10. The van der Waals surface area contributed by atoms with E-state index >= 15 is 0 Å². The van der Waals surface area contributed by atoms with Gasteiger partial charge in [-0.05, 0) is 66.2 Å². The third-order valence-corrected chi connectivity index (χ3v) is 4.32. The first-order chi connectivity index (χ1) is 11.6. The van der Waals surface area contributed by atoms with E-state index in [9.17, 15) is 4.79 Å². The number of rotatable bonds is 5. The molecule has 3 nitrogen and oxygen atoms in total. The smallest absolute Gasteiger partial charge is 0.202 e. The van der Waals surface area contributed by atoms with Gasteiger partial charge in [-0.2, -0.15) is 0 Å². The van der Waals surface area contributed by atoms with E-state index in [2.05, 4.69) is 15.9 Å². The molecule has 0 fully saturated rings. The number of halogens is 1. The van der Waals surface area contributed by atoms with Crippen molar-refractivity contribution >= 4 is 32.5 Å². The molecule has 0 radical (unpaired) electrons. The topological polar surface area (TPSA) is 35.5 Å². The SMILES string of the molecule is COc1ccc(C(=O)[C@@H](C)Oc2ccc3cc(Br)ccc3c2)cc1. The molecule has 0 heterocycles. The zero-order valence-electron chi connectivity index (χ0n) is 13.5. The highest BCUT2D eigenvalue weighted by Gasteiger charge is 2.17. The molecule has 0 spiro atoms. The van der Waals surface area contributed by atoms with Crippen molar-refractivity contribution in [2.75, 3.05) is 7.11 Å². The van der Waals surface area contributed by atoms with Crippen molar-refractivity contribution in [2.24, 2.45) is 0 Å². The second kappa shape index (κ2) is 7.05. The molecule has 0 saturated carbocycles. The van der Waals surface area contributed by atoms with Crippen molar-refractivity contribution in [1.82, 2.24) is 0 Å². The molecule has 0 unspecified atom stereocenters. The van der Waals surface area contributed by atoms with Gasteiger partial charge in [-0.3, -0.25) is 4.79 Å². The summed E-state index contributed by atoms with van der Waals surface area (Å²) in [5.41, 5.74) is 0.605. The number of benzene rings is 3. The highest BCUT2D eigenvalue weighted by Crippen LogP contribution is 2.25. The average molecular weight is 385 g/mol. The molecule has 0 aliphatic carbocycles. The molecule has 122 valence electrons. The molecule has 0 saturated heterocycles. The lowest BCUT2D eigenvalue weighted by Gasteiger charge is -2.14. The van der Waals surface area contributed by atoms with E-state index < -0.39 is 6.10 Å². The van der Waals surface area contributed by atoms with Crippen molar-refractivity contribution in [3.05, 3.63) is 70.7 Å². The van der Waals surface area contributed by atoms with Gasteiger partial charge in [-0.15, -0.1) is 0 Å². The Hall–Kier alpha value is -2.33. The van der Waals surface area contributed by atoms with Crippen molar-refractivity contribution in [3.8, 4) is 11.5 Å². The monoisotopic (exact) mass is 384 g/mol. The van der Waals surface area contributed by atoms with E-state index in [1.165, 1.54) is 0 Å². The lowest BCUT2D eigenvalue weighted by molar-refractivity contribution is 0.0818. The summed E-state index contributed by atoms with van der Waals surface area (Å²) in [5, 5.41) is 2.19. The molecule has 0 aromatic heterocycles. The van der Waals surface area contributed by atoms with E-state index in [1.54, 1.807) is 38.3 Å². The maximum atomic E-state index is 12.5. The van der Waals surface area contributed by atoms with Crippen LogP contribution in [0.15, 0.2) is 65.1 Å². The molecular formula is C20H17BrO3. The van der Waals surface area contributed by atoms with Crippen LogP contribution in [0.25, 0.3) is 10.8 Å². The van der Waals surface area contributed by atoms with E-state index in [1.807, 2.05) is 36.4 Å². The van der Waals surface area contributed by atoms with Crippen LogP contribution < -0.4 is 9.47 Å². The van der Waals surface area contributed by atoms with Crippen LogP contribution in [0.2, 0.25) is 0 Å². The number of carbonyl (C=O) groups is 1. The Balaban J connectivity index is 1.76. The second-order valence-corrected chi connectivity index (χ2v) is 6.42. The zero-order valence-corrected chi connectivity index (χ0v) is 15.0. The number of Topliss-reactive ketones (excluding diaryl/α,β-unsaturated/α-hetero) is 1. The van der Waals surface area contributed by atoms with Gasteiger partial charge in [-0.1, -0.05) is 28.1 Å². The minimum Gasteiger partial charge on any atom is -0.497 e. The van der Waals surface area contributed by atoms with Gasteiger partial charge in [-0.25, -0.2) is 0 Å². The summed E-state index contributed by atoms with van der Waals surface area (Å²) in [4.78, 5) is 12.5. The Morgan fingerprint density at radius 2 is 1.54 bits per heavy atom. The van der Waals surface area contributed by atoms with Crippen molar-refractivity contribution < 1.29 is 14.3 Å². The third-order valence-electron chi connectivity index (χ3n) is 3.83. The Kier molecular flexibility index (Phi) is 4.86. The van der Waals surface area contributed by atoms with Gasteiger partial charge < -0.3 is 9.47 Å². The summed E-state index contributed by atoms with van der Waals surface area (Å²) in [5.74, 6) is 1.34. The van der Waals surface area contributed by atoms with Gasteiger partial charge in [0.15, 0.2) is 6.10 Å². The van der Waals surface area contributed by atoms with Gasteiger partial charge in [0.05, 0.1) is 7.11 Å². The molecule has 0 N–H and O–H groups in total. The minimum absolute atomic E-state index is 0.0615. The first kappa shape index (κ1) is 16.5. The van der Waals surface area contributed by atoms with Crippen molar-refractivity contribution in [1.29, 1.82) is 0 Å². The van der Waals surface area contributed by atoms with Crippen molar-refractivity contribution in [2.45, 2.75) is 13.0 Å². The lowest BCUT2D eigenvalue weighted by atomic mass is 10.1. The van der Waals surface area contributed by atoms with Crippen LogP contribution in [0.4, 0.5) is 0 Å². The quantitative estimate of drug-likeness (QED) is 0.562. The molecule has 0 bridgehead atoms. The third kappa shape index (κ3) is 3.60. The average Bonchev–Trinajstić information content (AvgIpc) is 2.61. The van der Waals surface area contributed by atoms with Gasteiger partial charge >= 0.3 is 0 Å². The molecule has 24 heavy (non-hydrogen) atoms. The van der Waals surface area contributed by atoms with E-state index in [4.69, 9.17) is 9.47 Å². The van der Waals surface area contributed by atoms with Crippen LogP contribution in [0, 0.1) is 0 Å². The molecule has 3 aromatic rings. The summed E-state index contributed by atoms with van der Waals surface area (Å²) in [6.45, 7) is 1.76. The van der Waals surface area contributed by atoms with Gasteiger partial charge in [0, 0.05) is 10.0 Å². The summed E-state index contributed by atoms with van der Waals surface area (Å²) >= 11 is 3.46. The summed E-state index contributed by atoms with van der Waals surface area (Å²) in [6, 6.07) is 18.9. The van der Waals surface area contributed by atoms with Crippen LogP contribution in [0.3, 0.4) is 0 Å². The Bertz CT molecular complexity index is 872. The van der Waals surface area contributed by atoms with Crippen LogP contribution in [-0.4, -0.2) is 19.0 Å². The largest absolute Gasteiger partial charge is 0.497 e. The summed E-state index contributed by atoms with van der Waals surface area (Å²) in [7, 11) is 1.60. The summed E-state index contributed by atoms with van der Waals surface area (Å²) < 4.78 is 12.0. The number of carbonyl (C=O) groups excluding carboxylic acids is 1. The fourth-order valence-corrected chi connectivity index (χ4v) is 2.89. The number of ketones is 1. The van der Waals surface area contributed by atoms with Crippen LogP contribution >= 0.6 is 15.9 Å². The first-order valence-electron chi connectivity index (χ1n) is 7.61. The molecule has 3 rings (SSSR count). The van der Waals surface area contributed by atoms with E-state index in [0.717, 1.165) is 21.0 Å². The van der Waals surface area contributed by atoms with Crippen molar-refractivity contribution in [3.63, 3.8) is 0 Å². The Morgan fingerprint density at radius 1 is 0.917 bits per heavy atom. The minimum atomic E-state index is -0.564. The Morgan fingerprint density at radius 3 is 2.25 bits per heavy atom. The predicted molar refractivity (Wildman–Crippen MR) is 99.1 cm³/mol. The maximum Gasteiger partial charge on any atom is 0.202 e. The van der Waals surface area contributed by atoms with Gasteiger partial charge in [0.2, 0.25) is 5.78 Å². The fraction of sp³-hybridized carbons (Fsp3) is 0.150. The molecular weight excluding hydrogens is 368 g/mol. The van der Waals surface area contributed by atoms with Crippen LogP contribution in [-0.2, 0) is 0 Å². The van der Waals surface area contributed by atoms with Gasteiger partial charge in [0.1, 0.15) is 11.5 Å². The normalized spacial score (nSPS) is 12.0. The number of hydrogen-bond acceptors (Lipinski definition) is 3. The van der Waals surface area contributed by atoms with Crippen LogP contribution in [0.5, 0.6) is 11.5 Å². The van der Waals surface area contributed by atoms with E-state index in [-0.39, 0.29) is 5.78 Å². The molecule has 0 amide bonds. The molecule has 0 aliphatic rings. The zero-order chi connectivity index (χ0) is 17.1. The maximum absolute atomic E-state index is 12.5. The molecule has 1 atom stereocenters. The standard InChI is InChI=1S/C20H17BrO3/c1-13(20(22)14-4-8-18(23-2)9-5-14)24-19-10-6-15-11-17(21)7-3-16(15)12-19/h3-13H,1-2H3/t13-/m1/s1. The number of fused-ring (bicyclic) bond motifs is 1. The lowest BCUT2D eigenvalue weighted by Crippen LogP contribution is -2.23. The van der Waals surface area contributed by atoms with Crippen LogP contribution in [0.1, 0.15) is 17.3 Å².